The van der Waals surface area contributed by atoms with E-state index in [-0.39, 0.29) is 16.6 Å². The second-order valence-electron chi connectivity index (χ2n) is 5.64. The average molecular weight is 314 g/mol. The first kappa shape index (κ1) is 15.0. The minimum Gasteiger partial charge on any atom is -0.298 e. The van der Waals surface area contributed by atoms with Gasteiger partial charge in [0, 0.05) is 5.92 Å². The average Bonchev–Trinajstić information content (AvgIpc) is 2.56. The zero-order valence-electron chi connectivity index (χ0n) is 12.2. The molecule has 4 heteroatoms. The van der Waals surface area contributed by atoms with E-state index in [4.69, 9.17) is 0 Å². The third kappa shape index (κ3) is 2.71. The lowest BCUT2D eigenvalue weighted by Crippen LogP contribution is -2.37. The fraction of sp³-hybridized carbons (Fsp3) is 0.278. The minimum atomic E-state index is -3.60. The monoisotopic (exact) mass is 314 g/mol. The van der Waals surface area contributed by atoms with Crippen LogP contribution in [0.3, 0.4) is 0 Å². The van der Waals surface area contributed by atoms with Crippen LogP contribution in [0.2, 0.25) is 0 Å². The van der Waals surface area contributed by atoms with Gasteiger partial charge in [-0.05, 0) is 30.5 Å². The lowest BCUT2D eigenvalue weighted by molar-refractivity contribution is -0.121. The normalized spacial score (nSPS) is 22.5. The van der Waals surface area contributed by atoms with Crippen LogP contribution in [0.1, 0.15) is 30.7 Å². The Morgan fingerprint density at radius 3 is 2.05 bits per heavy atom. The Balaban J connectivity index is 1.94. The molecule has 2 aromatic carbocycles. The van der Waals surface area contributed by atoms with E-state index in [1.807, 2.05) is 30.3 Å². The predicted octanol–water partition coefficient (Wildman–Crippen LogP) is 3.37. The van der Waals surface area contributed by atoms with Gasteiger partial charge in [0.1, 0.15) is 5.25 Å². The van der Waals surface area contributed by atoms with E-state index >= 15 is 0 Å². The molecule has 0 spiro atoms. The molecule has 0 aromatic heterocycles. The minimum absolute atomic E-state index is 0.165. The highest BCUT2D eigenvalue weighted by Gasteiger charge is 2.40. The van der Waals surface area contributed by atoms with Crippen LogP contribution in [0, 0.1) is 0 Å². The highest BCUT2D eigenvalue weighted by Crippen LogP contribution is 2.34. The zero-order valence-corrected chi connectivity index (χ0v) is 13.0. The number of sulfone groups is 1. The van der Waals surface area contributed by atoms with Crippen LogP contribution in [0.15, 0.2) is 65.6 Å². The van der Waals surface area contributed by atoms with Crippen molar-refractivity contribution >= 4 is 15.6 Å². The molecule has 0 heterocycles. The summed E-state index contributed by atoms with van der Waals surface area (Å²) in [5.41, 5.74) is 0.917. The lowest BCUT2D eigenvalue weighted by atomic mass is 9.83. The Kier molecular flexibility index (Phi) is 4.12. The van der Waals surface area contributed by atoms with Gasteiger partial charge in [-0.2, -0.15) is 0 Å². The van der Waals surface area contributed by atoms with Gasteiger partial charge in [0.05, 0.1) is 4.90 Å². The summed E-state index contributed by atoms with van der Waals surface area (Å²) >= 11 is 0. The summed E-state index contributed by atoms with van der Waals surface area (Å²) in [5, 5.41) is -0.922. The van der Waals surface area contributed by atoms with Gasteiger partial charge in [0.15, 0.2) is 15.6 Å². The molecule has 0 aliphatic heterocycles. The third-order valence-electron chi connectivity index (χ3n) is 4.27. The van der Waals surface area contributed by atoms with Crippen LogP contribution in [0.4, 0.5) is 0 Å². The van der Waals surface area contributed by atoms with Gasteiger partial charge in [0.2, 0.25) is 0 Å². The molecule has 2 atom stereocenters. The summed E-state index contributed by atoms with van der Waals surface area (Å²) in [6.07, 6.45) is 1.89. The first-order valence-electron chi connectivity index (χ1n) is 7.48. The molecule has 3 rings (SSSR count). The summed E-state index contributed by atoms with van der Waals surface area (Å²) in [5.74, 6) is -0.472. The van der Waals surface area contributed by atoms with Crippen molar-refractivity contribution in [2.75, 3.05) is 0 Å². The van der Waals surface area contributed by atoms with E-state index in [1.54, 1.807) is 30.3 Å². The molecule has 22 heavy (non-hydrogen) atoms. The molecule has 0 radical (unpaired) electrons. The molecule has 114 valence electrons. The first-order chi connectivity index (χ1) is 10.6. The van der Waals surface area contributed by atoms with Crippen LogP contribution < -0.4 is 0 Å². The largest absolute Gasteiger partial charge is 0.298 e. The molecule has 0 bridgehead atoms. The van der Waals surface area contributed by atoms with Gasteiger partial charge in [-0.1, -0.05) is 55.0 Å². The summed E-state index contributed by atoms with van der Waals surface area (Å²) in [4.78, 5) is 13.0. The number of carbonyl (C=O) groups is 1. The van der Waals surface area contributed by atoms with Crippen molar-refractivity contribution in [2.45, 2.75) is 35.3 Å². The molecule has 0 N–H and O–H groups in total. The Hall–Kier alpha value is -1.94. The van der Waals surface area contributed by atoms with Crippen molar-refractivity contribution in [2.24, 2.45) is 0 Å². The van der Waals surface area contributed by atoms with Crippen molar-refractivity contribution in [3.8, 4) is 0 Å². The number of carbonyl (C=O) groups excluding carboxylic acids is 1. The van der Waals surface area contributed by atoms with E-state index in [2.05, 4.69) is 0 Å². The van der Waals surface area contributed by atoms with Crippen LogP contribution >= 0.6 is 0 Å². The maximum absolute atomic E-state index is 12.8. The maximum atomic E-state index is 12.8. The summed E-state index contributed by atoms with van der Waals surface area (Å²) < 4.78 is 25.5. The van der Waals surface area contributed by atoms with E-state index in [0.29, 0.717) is 6.42 Å². The molecule has 0 saturated heterocycles. The number of hydrogen-bond acceptors (Lipinski definition) is 3. The zero-order chi connectivity index (χ0) is 15.6. The van der Waals surface area contributed by atoms with Crippen LogP contribution in [-0.2, 0) is 14.6 Å². The fourth-order valence-electron chi connectivity index (χ4n) is 3.12. The number of rotatable bonds is 3. The van der Waals surface area contributed by atoms with E-state index in [0.717, 1.165) is 18.4 Å². The van der Waals surface area contributed by atoms with Crippen molar-refractivity contribution in [3.63, 3.8) is 0 Å². The highest BCUT2D eigenvalue weighted by molar-refractivity contribution is 7.92. The molecule has 1 aliphatic rings. The second kappa shape index (κ2) is 6.05. The van der Waals surface area contributed by atoms with E-state index in [1.165, 1.54) is 0 Å². The van der Waals surface area contributed by atoms with Crippen molar-refractivity contribution < 1.29 is 13.2 Å². The topological polar surface area (TPSA) is 51.2 Å². The Morgan fingerprint density at radius 2 is 1.41 bits per heavy atom. The predicted molar refractivity (Wildman–Crippen MR) is 85.5 cm³/mol. The molecular formula is C18H18O3S. The molecule has 1 saturated carbocycles. The van der Waals surface area contributed by atoms with Crippen molar-refractivity contribution in [1.29, 1.82) is 0 Å². The SMILES string of the molecule is O=C1C(c2ccccc2)CCCC1S(=O)(=O)c1ccccc1. The van der Waals surface area contributed by atoms with Gasteiger partial charge in [-0.3, -0.25) is 4.79 Å². The van der Waals surface area contributed by atoms with E-state index in [9.17, 15) is 13.2 Å². The summed E-state index contributed by atoms with van der Waals surface area (Å²) in [6, 6.07) is 17.8. The van der Waals surface area contributed by atoms with Crippen molar-refractivity contribution in [3.05, 3.63) is 66.2 Å². The van der Waals surface area contributed by atoms with Crippen LogP contribution in [-0.4, -0.2) is 19.5 Å². The van der Waals surface area contributed by atoms with Gasteiger partial charge in [-0.25, -0.2) is 8.42 Å². The Labute approximate surface area is 130 Å². The van der Waals surface area contributed by atoms with Crippen molar-refractivity contribution in [1.82, 2.24) is 0 Å². The Bertz CT molecular complexity index is 751. The Morgan fingerprint density at radius 1 is 0.818 bits per heavy atom. The number of Topliss-reactive ketones (excluding diaryl/α,β-unsaturated/α-hetero) is 1. The van der Waals surface area contributed by atoms with Gasteiger partial charge in [-0.15, -0.1) is 0 Å². The van der Waals surface area contributed by atoms with Gasteiger partial charge in [0.25, 0.3) is 0 Å². The molecule has 0 amide bonds. The number of ketones is 1. The third-order valence-corrected chi connectivity index (χ3v) is 6.41. The van der Waals surface area contributed by atoms with Gasteiger partial charge < -0.3 is 0 Å². The summed E-state index contributed by atoms with van der Waals surface area (Å²) in [6.45, 7) is 0. The molecule has 1 fully saturated rings. The first-order valence-corrected chi connectivity index (χ1v) is 9.03. The fourth-order valence-corrected chi connectivity index (χ4v) is 4.93. The lowest BCUT2D eigenvalue weighted by Gasteiger charge is -2.28. The second-order valence-corrected chi connectivity index (χ2v) is 7.77. The molecule has 3 nitrogen and oxygen atoms in total. The standard InChI is InChI=1S/C18H18O3S/c19-18-16(14-8-3-1-4-9-14)12-7-13-17(18)22(20,21)15-10-5-2-6-11-15/h1-6,8-11,16-17H,7,12-13H2. The van der Waals surface area contributed by atoms with Crippen LogP contribution in [0.25, 0.3) is 0 Å². The number of hydrogen-bond donors (Lipinski definition) is 0. The molecular weight excluding hydrogens is 296 g/mol. The van der Waals surface area contributed by atoms with Gasteiger partial charge >= 0.3 is 0 Å². The molecule has 2 aromatic rings. The quantitative estimate of drug-likeness (QED) is 0.873. The highest BCUT2D eigenvalue weighted by atomic mass is 32.2. The molecule has 2 unspecified atom stereocenters. The summed E-state index contributed by atoms with van der Waals surface area (Å²) in [7, 11) is -3.60. The van der Waals surface area contributed by atoms with Crippen LogP contribution in [0.5, 0.6) is 0 Å². The maximum Gasteiger partial charge on any atom is 0.188 e. The molecule has 1 aliphatic carbocycles. The van der Waals surface area contributed by atoms with E-state index < -0.39 is 15.1 Å². The smallest absolute Gasteiger partial charge is 0.188 e. The number of benzene rings is 2.